The molecular formula is C27H33FN2O8. The van der Waals surface area contributed by atoms with Crippen LogP contribution in [-0.2, 0) is 19.1 Å². The summed E-state index contributed by atoms with van der Waals surface area (Å²) in [7, 11) is 1.38. The molecule has 0 saturated heterocycles. The molecule has 1 aliphatic carbocycles. The summed E-state index contributed by atoms with van der Waals surface area (Å²) in [5, 5.41) is 2.55. The summed E-state index contributed by atoms with van der Waals surface area (Å²) in [6.45, 7) is 3.98. The maximum atomic E-state index is 13.3. The summed E-state index contributed by atoms with van der Waals surface area (Å²) in [5.74, 6) is -1.51. The molecule has 1 fully saturated rings. The Hall–Kier alpha value is -3.89. The highest BCUT2D eigenvalue weighted by Gasteiger charge is 2.34. The number of benzene rings is 1. The molecule has 3 rings (SSSR count). The molecule has 11 heteroatoms. The van der Waals surface area contributed by atoms with E-state index in [0.717, 1.165) is 25.7 Å². The van der Waals surface area contributed by atoms with Gasteiger partial charge in [0, 0.05) is 19.2 Å². The largest absolute Gasteiger partial charge is 0.493 e. The van der Waals surface area contributed by atoms with E-state index in [0.29, 0.717) is 5.75 Å². The lowest BCUT2D eigenvalue weighted by Gasteiger charge is -2.30. The number of carbonyl (C=O) groups is 3. The third kappa shape index (κ3) is 7.80. The fraction of sp³-hybridized carbons (Fsp3) is 0.481. The summed E-state index contributed by atoms with van der Waals surface area (Å²) in [6.07, 6.45) is 4.24. The maximum Gasteiger partial charge on any atom is 0.328 e. The number of nitrogens with one attached hydrogen (secondary N) is 1. The number of aromatic nitrogens is 1. The molecule has 38 heavy (non-hydrogen) atoms. The Labute approximate surface area is 220 Å². The van der Waals surface area contributed by atoms with E-state index in [2.05, 4.69) is 10.3 Å². The second-order valence-electron chi connectivity index (χ2n) is 9.01. The van der Waals surface area contributed by atoms with Gasteiger partial charge in [0.2, 0.25) is 6.79 Å². The van der Waals surface area contributed by atoms with Gasteiger partial charge >= 0.3 is 11.9 Å². The highest BCUT2D eigenvalue weighted by molar-refractivity contribution is 5.98. The second-order valence-corrected chi connectivity index (χ2v) is 9.01. The Morgan fingerprint density at radius 3 is 2.42 bits per heavy atom. The summed E-state index contributed by atoms with van der Waals surface area (Å²) < 4.78 is 40.6. The van der Waals surface area contributed by atoms with Gasteiger partial charge in [-0.2, -0.15) is 0 Å². The zero-order valence-corrected chi connectivity index (χ0v) is 21.9. The lowest BCUT2D eigenvalue weighted by atomic mass is 9.96. The number of halogens is 1. The number of pyridine rings is 1. The topological polar surface area (TPSA) is 122 Å². The predicted molar refractivity (Wildman–Crippen MR) is 133 cm³/mol. The van der Waals surface area contributed by atoms with Crippen LogP contribution in [0.3, 0.4) is 0 Å². The van der Waals surface area contributed by atoms with Crippen LogP contribution >= 0.6 is 0 Å². The number of rotatable bonds is 12. The predicted octanol–water partition coefficient (Wildman–Crippen LogP) is 3.82. The minimum atomic E-state index is -1.03. The van der Waals surface area contributed by atoms with Crippen molar-refractivity contribution in [1.29, 1.82) is 0 Å². The third-order valence-electron chi connectivity index (χ3n) is 6.18. The minimum Gasteiger partial charge on any atom is -0.493 e. The lowest BCUT2D eigenvalue weighted by Crippen LogP contribution is -2.45. The molecule has 10 nitrogen and oxygen atoms in total. The van der Waals surface area contributed by atoms with Crippen molar-refractivity contribution in [3.05, 3.63) is 48.0 Å². The molecule has 1 amide bonds. The van der Waals surface area contributed by atoms with E-state index in [1.165, 1.54) is 57.5 Å². The molecule has 0 radical (unpaired) electrons. The van der Waals surface area contributed by atoms with E-state index in [1.54, 1.807) is 6.92 Å². The van der Waals surface area contributed by atoms with Gasteiger partial charge in [-0.3, -0.25) is 9.59 Å². The van der Waals surface area contributed by atoms with Gasteiger partial charge < -0.3 is 29.0 Å². The van der Waals surface area contributed by atoms with Crippen LogP contribution in [0.25, 0.3) is 0 Å². The lowest BCUT2D eigenvalue weighted by molar-refractivity contribution is -0.156. The first-order valence-corrected chi connectivity index (χ1v) is 12.4. The van der Waals surface area contributed by atoms with Gasteiger partial charge in [0.15, 0.2) is 17.2 Å². The molecule has 0 unspecified atom stereocenters. The van der Waals surface area contributed by atoms with Crippen LogP contribution in [-0.4, -0.2) is 55.0 Å². The molecule has 0 bridgehead atoms. The van der Waals surface area contributed by atoms with E-state index in [4.69, 9.17) is 23.7 Å². The number of carbonyl (C=O) groups excluding carboxylic acids is 3. The molecule has 1 aliphatic rings. The fourth-order valence-electron chi connectivity index (χ4n) is 4.27. The van der Waals surface area contributed by atoms with Crippen molar-refractivity contribution < 1.29 is 42.5 Å². The van der Waals surface area contributed by atoms with Gasteiger partial charge in [0.05, 0.1) is 7.11 Å². The summed E-state index contributed by atoms with van der Waals surface area (Å²) >= 11 is 0. The van der Waals surface area contributed by atoms with Crippen molar-refractivity contribution in [2.24, 2.45) is 5.92 Å². The number of hydrogen-bond donors (Lipinski definition) is 1. The van der Waals surface area contributed by atoms with Crippen molar-refractivity contribution in [3.63, 3.8) is 0 Å². The van der Waals surface area contributed by atoms with Gasteiger partial charge in [0.1, 0.15) is 29.8 Å². The second kappa shape index (κ2) is 13.6. The molecule has 2 aromatic rings. The van der Waals surface area contributed by atoms with Crippen LogP contribution < -0.4 is 19.5 Å². The first kappa shape index (κ1) is 28.7. The van der Waals surface area contributed by atoms with E-state index in [9.17, 15) is 18.8 Å². The average Bonchev–Trinajstić information content (AvgIpc) is 3.42. The van der Waals surface area contributed by atoms with Gasteiger partial charge in [0.25, 0.3) is 5.91 Å². The van der Waals surface area contributed by atoms with Crippen molar-refractivity contribution in [2.45, 2.75) is 64.7 Å². The van der Waals surface area contributed by atoms with Crippen molar-refractivity contribution in [3.8, 4) is 17.2 Å². The van der Waals surface area contributed by atoms with E-state index in [1.807, 2.05) is 0 Å². The SMILES string of the molecule is COc1ccnc(C(=O)N[C@@H](C)C(=O)O[C@@H](C)[C@H](Oc2ccc(F)cc2)C2CCCC2)c1OCOC(C)=O. The van der Waals surface area contributed by atoms with Crippen LogP contribution in [0.15, 0.2) is 36.5 Å². The summed E-state index contributed by atoms with van der Waals surface area (Å²) in [4.78, 5) is 41.0. The molecule has 1 aromatic heterocycles. The van der Waals surface area contributed by atoms with Crippen molar-refractivity contribution >= 4 is 17.8 Å². The Morgan fingerprint density at radius 1 is 1.11 bits per heavy atom. The highest BCUT2D eigenvalue weighted by atomic mass is 19.1. The maximum absolute atomic E-state index is 13.3. The molecule has 1 heterocycles. The third-order valence-corrected chi connectivity index (χ3v) is 6.18. The molecular weight excluding hydrogens is 499 g/mol. The van der Waals surface area contributed by atoms with Gasteiger partial charge in [-0.15, -0.1) is 0 Å². The summed E-state index contributed by atoms with van der Waals surface area (Å²) in [6, 6.07) is 6.14. The molecule has 1 aromatic carbocycles. The molecule has 206 valence electrons. The first-order valence-electron chi connectivity index (χ1n) is 12.4. The smallest absolute Gasteiger partial charge is 0.328 e. The zero-order chi connectivity index (χ0) is 27.7. The Morgan fingerprint density at radius 2 is 1.79 bits per heavy atom. The van der Waals surface area contributed by atoms with Crippen molar-refractivity contribution in [1.82, 2.24) is 10.3 Å². The van der Waals surface area contributed by atoms with Crippen LogP contribution in [0, 0.1) is 11.7 Å². The number of esters is 2. The highest BCUT2D eigenvalue weighted by Crippen LogP contribution is 2.33. The van der Waals surface area contributed by atoms with E-state index >= 15 is 0 Å². The Kier molecular flexibility index (Phi) is 10.3. The molecule has 1 N–H and O–H groups in total. The summed E-state index contributed by atoms with van der Waals surface area (Å²) in [5.41, 5.74) is -0.160. The fourth-order valence-corrected chi connectivity index (χ4v) is 4.27. The molecule has 0 aliphatic heterocycles. The average molecular weight is 533 g/mol. The van der Waals surface area contributed by atoms with Gasteiger partial charge in [-0.1, -0.05) is 12.8 Å². The quantitative estimate of drug-likeness (QED) is 0.321. The van der Waals surface area contributed by atoms with Crippen molar-refractivity contribution in [2.75, 3.05) is 13.9 Å². The van der Waals surface area contributed by atoms with Crippen LogP contribution in [0.1, 0.15) is 56.9 Å². The number of ether oxygens (including phenoxy) is 5. The first-order chi connectivity index (χ1) is 18.2. The number of nitrogens with zero attached hydrogens (tertiary/aromatic N) is 1. The Balaban J connectivity index is 1.66. The normalized spacial score (nSPS) is 15.6. The number of methoxy groups -OCH3 is 1. The minimum absolute atomic E-state index is 0.0447. The monoisotopic (exact) mass is 532 g/mol. The molecule has 1 saturated carbocycles. The van der Waals surface area contributed by atoms with E-state index < -0.39 is 42.9 Å². The standard InChI is InChI=1S/C27H33FN2O8/c1-16(30-26(32)23-25(36-15-35-18(3)31)22(34-4)13-14-29-23)27(33)37-17(2)24(19-7-5-6-8-19)38-21-11-9-20(28)10-12-21/h9-14,16-17,19,24H,5-8,15H2,1-4H3,(H,30,32)/t16-,17-,24-/m0/s1. The number of hydrogen-bond acceptors (Lipinski definition) is 9. The van der Waals surface area contributed by atoms with Gasteiger partial charge in [-0.05, 0) is 56.9 Å². The Bertz CT molecular complexity index is 1100. The number of amides is 1. The van der Waals surface area contributed by atoms with Gasteiger partial charge in [-0.25, -0.2) is 14.2 Å². The van der Waals surface area contributed by atoms with E-state index in [-0.39, 0.29) is 28.9 Å². The molecule has 3 atom stereocenters. The van der Waals surface area contributed by atoms with Crippen LogP contribution in [0.5, 0.6) is 17.2 Å². The zero-order valence-electron chi connectivity index (χ0n) is 21.9. The van der Waals surface area contributed by atoms with Crippen LogP contribution in [0.2, 0.25) is 0 Å². The van der Waals surface area contributed by atoms with Crippen LogP contribution in [0.4, 0.5) is 4.39 Å². The molecule has 0 spiro atoms.